The van der Waals surface area contributed by atoms with Gasteiger partial charge >= 0.3 is 0 Å². The second-order valence-corrected chi connectivity index (χ2v) is 9.51. The van der Waals surface area contributed by atoms with Gasteiger partial charge in [-0.2, -0.15) is 0 Å². The van der Waals surface area contributed by atoms with E-state index < -0.39 is 6.04 Å². The van der Waals surface area contributed by atoms with Gasteiger partial charge in [-0.05, 0) is 41.3 Å². The number of halogens is 1. The predicted molar refractivity (Wildman–Crippen MR) is 138 cm³/mol. The number of hydrogen-bond acceptors (Lipinski definition) is 3. The summed E-state index contributed by atoms with van der Waals surface area (Å²) in [5, 5.41) is 3.03. The molecule has 178 valence electrons. The summed E-state index contributed by atoms with van der Waals surface area (Å²) in [6.07, 6.45) is 0.413. The molecule has 5 nitrogen and oxygen atoms in total. The maximum absolute atomic E-state index is 13.5. The lowest BCUT2D eigenvalue weighted by molar-refractivity contribution is -0.142. The van der Waals surface area contributed by atoms with E-state index in [0.29, 0.717) is 31.2 Å². The Labute approximate surface area is 210 Å². The number of carbonyl (C=O) groups is 2. The van der Waals surface area contributed by atoms with Gasteiger partial charge < -0.3 is 15.0 Å². The van der Waals surface area contributed by atoms with E-state index in [1.54, 1.807) is 4.90 Å². The molecule has 0 aromatic heterocycles. The number of nitrogens with one attached hydrogen (secondary N) is 1. The summed E-state index contributed by atoms with van der Waals surface area (Å²) in [5.41, 5.74) is 1.92. The van der Waals surface area contributed by atoms with Gasteiger partial charge in [-0.25, -0.2) is 0 Å². The summed E-state index contributed by atoms with van der Waals surface area (Å²) in [7, 11) is 0. The monoisotopic (exact) mass is 522 g/mol. The van der Waals surface area contributed by atoms with Crippen LogP contribution in [0.15, 0.2) is 89.4 Å². The minimum absolute atomic E-state index is 0.152. The molecule has 3 aromatic carbocycles. The minimum Gasteiger partial charge on any atom is -0.484 e. The van der Waals surface area contributed by atoms with Crippen molar-refractivity contribution in [3.63, 3.8) is 0 Å². The van der Waals surface area contributed by atoms with Gasteiger partial charge in [0.2, 0.25) is 5.91 Å². The lowest BCUT2D eigenvalue weighted by atomic mass is 10.0. The van der Waals surface area contributed by atoms with Crippen molar-refractivity contribution in [3.05, 3.63) is 101 Å². The number of rotatable bonds is 11. The molecule has 0 fully saturated rings. The van der Waals surface area contributed by atoms with Crippen LogP contribution in [0.4, 0.5) is 0 Å². The van der Waals surface area contributed by atoms with Gasteiger partial charge in [0.15, 0.2) is 6.61 Å². The lowest BCUT2D eigenvalue weighted by Gasteiger charge is -2.31. The fourth-order valence-corrected chi connectivity index (χ4v) is 4.00. The molecule has 0 bridgehead atoms. The van der Waals surface area contributed by atoms with E-state index in [4.69, 9.17) is 4.74 Å². The number of amides is 2. The van der Waals surface area contributed by atoms with Gasteiger partial charge in [-0.1, -0.05) is 90.4 Å². The van der Waals surface area contributed by atoms with Crippen LogP contribution in [0.5, 0.6) is 5.75 Å². The molecular weight excluding hydrogens is 492 g/mol. The third-order valence-electron chi connectivity index (χ3n) is 5.30. The van der Waals surface area contributed by atoms with Crippen molar-refractivity contribution in [2.75, 3.05) is 13.2 Å². The molecule has 1 atom stereocenters. The van der Waals surface area contributed by atoms with Crippen molar-refractivity contribution in [3.8, 4) is 5.75 Å². The average Bonchev–Trinajstić information content (AvgIpc) is 2.84. The van der Waals surface area contributed by atoms with Gasteiger partial charge in [0.25, 0.3) is 5.91 Å². The van der Waals surface area contributed by atoms with Gasteiger partial charge in [0.1, 0.15) is 11.8 Å². The molecule has 3 aromatic rings. The summed E-state index contributed by atoms with van der Waals surface area (Å²) in [5.74, 6) is 0.504. The second-order valence-electron chi connectivity index (χ2n) is 8.60. The number of nitrogens with zero attached hydrogens (tertiary/aromatic N) is 1. The fraction of sp³-hybridized carbons (Fsp3) is 0.286. The highest BCUT2D eigenvalue weighted by atomic mass is 79.9. The van der Waals surface area contributed by atoms with Crippen LogP contribution in [0, 0.1) is 5.92 Å². The molecule has 0 radical (unpaired) electrons. The third kappa shape index (κ3) is 8.03. The molecule has 0 saturated heterocycles. The maximum Gasteiger partial charge on any atom is 0.261 e. The quantitative estimate of drug-likeness (QED) is 0.374. The zero-order chi connectivity index (χ0) is 24.3. The van der Waals surface area contributed by atoms with Crippen molar-refractivity contribution in [1.29, 1.82) is 0 Å². The summed E-state index contributed by atoms with van der Waals surface area (Å²) in [4.78, 5) is 28.5. The number of benzene rings is 3. The minimum atomic E-state index is -0.674. The lowest BCUT2D eigenvalue weighted by Crippen LogP contribution is -2.52. The highest BCUT2D eigenvalue weighted by Gasteiger charge is 2.30. The molecule has 1 unspecified atom stereocenters. The Hall–Kier alpha value is -3.12. The number of para-hydroxylation sites is 1. The number of ether oxygens (including phenoxy) is 1. The third-order valence-corrected chi connectivity index (χ3v) is 5.80. The van der Waals surface area contributed by atoms with E-state index in [9.17, 15) is 9.59 Å². The Kier molecular flexibility index (Phi) is 9.71. The summed E-state index contributed by atoms with van der Waals surface area (Å²) in [6, 6.07) is 26.1. The van der Waals surface area contributed by atoms with Gasteiger partial charge in [-0.15, -0.1) is 0 Å². The SMILES string of the molecule is CC(C)CNC(=O)C(Cc1ccccc1)N(Cc1cccc(Br)c1)C(=O)COc1ccccc1. The molecule has 3 rings (SSSR count). The fourth-order valence-electron chi connectivity index (χ4n) is 3.55. The zero-order valence-corrected chi connectivity index (χ0v) is 21.2. The van der Waals surface area contributed by atoms with Crippen molar-refractivity contribution < 1.29 is 14.3 Å². The van der Waals surface area contributed by atoms with Crippen LogP contribution in [0.3, 0.4) is 0 Å². The van der Waals surface area contributed by atoms with Crippen molar-refractivity contribution >= 4 is 27.7 Å². The van der Waals surface area contributed by atoms with Crippen molar-refractivity contribution in [1.82, 2.24) is 10.2 Å². The highest BCUT2D eigenvalue weighted by Crippen LogP contribution is 2.18. The first-order valence-electron chi connectivity index (χ1n) is 11.5. The molecule has 0 saturated carbocycles. The smallest absolute Gasteiger partial charge is 0.261 e. The molecule has 0 aliphatic rings. The summed E-state index contributed by atoms with van der Waals surface area (Å²) in [6.45, 7) is 4.78. The number of hydrogen-bond donors (Lipinski definition) is 1. The molecule has 6 heteroatoms. The van der Waals surface area contributed by atoms with Gasteiger partial charge in [0, 0.05) is 24.0 Å². The average molecular weight is 523 g/mol. The van der Waals surface area contributed by atoms with E-state index in [1.165, 1.54) is 0 Å². The summed E-state index contributed by atoms with van der Waals surface area (Å²) >= 11 is 3.50. The largest absolute Gasteiger partial charge is 0.484 e. The van der Waals surface area contributed by atoms with E-state index in [0.717, 1.165) is 15.6 Å². The molecule has 0 heterocycles. The van der Waals surface area contributed by atoms with Gasteiger partial charge in [0.05, 0.1) is 0 Å². The molecule has 0 spiro atoms. The topological polar surface area (TPSA) is 58.6 Å². The van der Waals surface area contributed by atoms with Crippen LogP contribution in [0.25, 0.3) is 0 Å². The van der Waals surface area contributed by atoms with E-state index in [-0.39, 0.29) is 18.4 Å². The number of carbonyl (C=O) groups excluding carboxylic acids is 2. The normalized spacial score (nSPS) is 11.6. The van der Waals surface area contributed by atoms with Crippen LogP contribution in [0.2, 0.25) is 0 Å². The van der Waals surface area contributed by atoms with Crippen LogP contribution in [-0.4, -0.2) is 35.9 Å². The Morgan fingerprint density at radius 1 is 0.912 bits per heavy atom. The molecular formula is C28H31BrN2O3. The molecule has 34 heavy (non-hydrogen) atoms. The van der Waals surface area contributed by atoms with Crippen LogP contribution < -0.4 is 10.1 Å². The standard InChI is InChI=1S/C28H31BrN2O3/c1-21(2)18-30-28(33)26(17-22-10-5-3-6-11-22)31(19-23-12-9-13-24(29)16-23)27(32)20-34-25-14-7-4-8-15-25/h3-16,21,26H,17-20H2,1-2H3,(H,30,33). The van der Waals surface area contributed by atoms with E-state index >= 15 is 0 Å². The van der Waals surface area contributed by atoms with Crippen molar-refractivity contribution in [2.24, 2.45) is 5.92 Å². The Morgan fingerprint density at radius 3 is 2.21 bits per heavy atom. The first-order valence-corrected chi connectivity index (χ1v) is 12.2. The van der Waals surface area contributed by atoms with Crippen molar-refractivity contribution in [2.45, 2.75) is 32.9 Å². The van der Waals surface area contributed by atoms with Crippen LogP contribution >= 0.6 is 15.9 Å². The zero-order valence-electron chi connectivity index (χ0n) is 19.6. The Bertz CT molecular complexity index is 1060. The highest BCUT2D eigenvalue weighted by molar-refractivity contribution is 9.10. The van der Waals surface area contributed by atoms with E-state index in [1.807, 2.05) is 98.8 Å². The maximum atomic E-state index is 13.5. The van der Waals surface area contributed by atoms with Crippen LogP contribution in [-0.2, 0) is 22.6 Å². The first-order chi connectivity index (χ1) is 16.4. The van der Waals surface area contributed by atoms with E-state index in [2.05, 4.69) is 21.2 Å². The summed E-state index contributed by atoms with van der Waals surface area (Å²) < 4.78 is 6.67. The predicted octanol–water partition coefficient (Wildman–Crippen LogP) is 5.24. The molecule has 0 aliphatic heterocycles. The molecule has 0 aliphatic carbocycles. The molecule has 2 amide bonds. The van der Waals surface area contributed by atoms with Gasteiger partial charge in [-0.3, -0.25) is 9.59 Å². The first kappa shape index (κ1) is 25.5. The van der Waals surface area contributed by atoms with Crippen LogP contribution in [0.1, 0.15) is 25.0 Å². The Morgan fingerprint density at radius 2 is 1.56 bits per heavy atom. The second kappa shape index (κ2) is 12.9. The molecule has 1 N–H and O–H groups in total. The Balaban J connectivity index is 1.89.